The van der Waals surface area contributed by atoms with Gasteiger partial charge in [0.15, 0.2) is 0 Å². The number of likely N-dealkylation sites (tertiary alicyclic amines) is 1. The summed E-state index contributed by atoms with van der Waals surface area (Å²) in [6, 6.07) is 5.41. The van der Waals surface area contributed by atoms with Gasteiger partial charge in [0.2, 0.25) is 0 Å². The first-order valence-corrected chi connectivity index (χ1v) is 7.95. The maximum absolute atomic E-state index is 12.7. The first-order chi connectivity index (χ1) is 11.2. The molecule has 1 aliphatic heterocycles. The fourth-order valence-corrected chi connectivity index (χ4v) is 3.16. The fourth-order valence-electron chi connectivity index (χ4n) is 3.16. The molecule has 1 atom stereocenters. The topological polar surface area (TPSA) is 56.6 Å². The summed E-state index contributed by atoms with van der Waals surface area (Å²) in [5.41, 5.74) is 0.712. The molecular weight excluding hydrogens is 294 g/mol. The zero-order chi connectivity index (χ0) is 16.2. The van der Waals surface area contributed by atoms with Crippen LogP contribution in [0.2, 0.25) is 0 Å². The lowest BCUT2D eigenvalue weighted by Crippen LogP contribution is -2.28. The summed E-state index contributed by atoms with van der Waals surface area (Å²) in [5, 5.41) is 0.612. The Morgan fingerprint density at radius 1 is 1.35 bits per heavy atom. The molecule has 124 valence electrons. The SMILES string of the molecule is COCCN1CC[C@@H](Cn2cnc3ccc(OC)cc3c2=O)C1. The van der Waals surface area contributed by atoms with Gasteiger partial charge in [0.1, 0.15) is 5.75 Å². The monoisotopic (exact) mass is 317 g/mol. The van der Waals surface area contributed by atoms with Crippen LogP contribution in [0.15, 0.2) is 29.3 Å². The van der Waals surface area contributed by atoms with Crippen LogP contribution < -0.4 is 10.3 Å². The lowest BCUT2D eigenvalue weighted by molar-refractivity contribution is 0.158. The number of methoxy groups -OCH3 is 2. The number of rotatable bonds is 6. The van der Waals surface area contributed by atoms with E-state index in [-0.39, 0.29) is 5.56 Å². The highest BCUT2D eigenvalue weighted by molar-refractivity contribution is 5.78. The summed E-state index contributed by atoms with van der Waals surface area (Å²) in [4.78, 5) is 19.5. The average Bonchev–Trinajstić information content (AvgIpc) is 3.03. The highest BCUT2D eigenvalue weighted by Crippen LogP contribution is 2.19. The van der Waals surface area contributed by atoms with Gasteiger partial charge in [-0.2, -0.15) is 0 Å². The predicted octanol–water partition coefficient (Wildman–Crippen LogP) is 1.37. The molecule has 0 unspecified atom stereocenters. The third-order valence-electron chi connectivity index (χ3n) is 4.47. The van der Waals surface area contributed by atoms with Crippen molar-refractivity contribution in [1.29, 1.82) is 0 Å². The summed E-state index contributed by atoms with van der Waals surface area (Å²) < 4.78 is 12.1. The van der Waals surface area contributed by atoms with Crippen LogP contribution in [0.3, 0.4) is 0 Å². The third-order valence-corrected chi connectivity index (χ3v) is 4.47. The Balaban J connectivity index is 1.76. The highest BCUT2D eigenvalue weighted by atomic mass is 16.5. The van der Waals surface area contributed by atoms with Crippen LogP contribution in [0.25, 0.3) is 10.9 Å². The molecule has 0 spiro atoms. The molecule has 2 aromatic rings. The van der Waals surface area contributed by atoms with Gasteiger partial charge in [0.05, 0.1) is 30.9 Å². The molecule has 1 saturated heterocycles. The molecule has 0 bridgehead atoms. The zero-order valence-corrected chi connectivity index (χ0v) is 13.7. The van der Waals surface area contributed by atoms with Crippen LogP contribution in [-0.4, -0.2) is 54.9 Å². The van der Waals surface area contributed by atoms with E-state index in [4.69, 9.17) is 9.47 Å². The van der Waals surface area contributed by atoms with Gasteiger partial charge in [-0.05, 0) is 37.1 Å². The number of ether oxygens (including phenoxy) is 2. The molecule has 0 N–H and O–H groups in total. The van der Waals surface area contributed by atoms with Gasteiger partial charge in [-0.15, -0.1) is 0 Å². The minimum absolute atomic E-state index is 0.00393. The van der Waals surface area contributed by atoms with Gasteiger partial charge in [0.25, 0.3) is 5.56 Å². The quantitative estimate of drug-likeness (QED) is 0.805. The highest BCUT2D eigenvalue weighted by Gasteiger charge is 2.23. The molecule has 1 aromatic heterocycles. The molecule has 3 rings (SSSR count). The summed E-state index contributed by atoms with van der Waals surface area (Å²) in [7, 11) is 3.32. The van der Waals surface area contributed by atoms with Gasteiger partial charge >= 0.3 is 0 Å². The zero-order valence-electron chi connectivity index (χ0n) is 13.7. The molecule has 0 aliphatic carbocycles. The van der Waals surface area contributed by atoms with Gasteiger partial charge < -0.3 is 14.4 Å². The number of nitrogens with zero attached hydrogens (tertiary/aromatic N) is 3. The second-order valence-corrected chi connectivity index (χ2v) is 6.03. The number of benzene rings is 1. The lowest BCUT2D eigenvalue weighted by atomic mass is 10.1. The minimum atomic E-state index is 0.00393. The molecular formula is C17H23N3O3. The van der Waals surface area contributed by atoms with Crippen molar-refractivity contribution in [3.8, 4) is 5.75 Å². The largest absolute Gasteiger partial charge is 0.497 e. The molecule has 1 aliphatic rings. The summed E-state index contributed by atoms with van der Waals surface area (Å²) >= 11 is 0. The maximum atomic E-state index is 12.7. The van der Waals surface area contributed by atoms with E-state index in [1.54, 1.807) is 31.2 Å². The van der Waals surface area contributed by atoms with Crippen LogP contribution in [0.5, 0.6) is 5.75 Å². The van der Waals surface area contributed by atoms with Crippen molar-refractivity contribution < 1.29 is 9.47 Å². The van der Waals surface area contributed by atoms with E-state index in [0.717, 1.165) is 32.7 Å². The number of hydrogen-bond donors (Lipinski definition) is 0. The fraction of sp³-hybridized carbons (Fsp3) is 0.529. The van der Waals surface area contributed by atoms with Gasteiger partial charge in [-0.25, -0.2) is 4.98 Å². The smallest absolute Gasteiger partial charge is 0.261 e. The van der Waals surface area contributed by atoms with Gasteiger partial charge in [0, 0.05) is 26.7 Å². The lowest BCUT2D eigenvalue weighted by Gasteiger charge is -2.16. The summed E-state index contributed by atoms with van der Waals surface area (Å²) in [5.74, 6) is 1.16. The third kappa shape index (κ3) is 3.54. The molecule has 1 fully saturated rings. The molecule has 6 heteroatoms. The Morgan fingerprint density at radius 2 is 2.22 bits per heavy atom. The summed E-state index contributed by atoms with van der Waals surface area (Å²) in [6.07, 6.45) is 2.77. The second kappa shape index (κ2) is 7.10. The van der Waals surface area contributed by atoms with Crippen molar-refractivity contribution in [3.63, 3.8) is 0 Å². The first-order valence-electron chi connectivity index (χ1n) is 7.95. The van der Waals surface area contributed by atoms with Gasteiger partial charge in [-0.3, -0.25) is 9.36 Å². The van der Waals surface area contributed by atoms with E-state index in [1.165, 1.54) is 0 Å². The van der Waals surface area contributed by atoms with E-state index < -0.39 is 0 Å². The van der Waals surface area contributed by atoms with Crippen LogP contribution in [-0.2, 0) is 11.3 Å². The van der Waals surface area contributed by atoms with Crippen molar-refractivity contribution in [2.24, 2.45) is 5.92 Å². The van der Waals surface area contributed by atoms with Crippen molar-refractivity contribution in [1.82, 2.24) is 14.5 Å². The average molecular weight is 317 g/mol. The molecule has 0 saturated carbocycles. The molecule has 1 aromatic carbocycles. The predicted molar refractivity (Wildman–Crippen MR) is 89.0 cm³/mol. The van der Waals surface area contributed by atoms with Crippen LogP contribution in [0.1, 0.15) is 6.42 Å². The Labute approximate surface area is 135 Å². The molecule has 23 heavy (non-hydrogen) atoms. The normalized spacial score (nSPS) is 18.6. The Hall–Kier alpha value is -1.92. The van der Waals surface area contributed by atoms with E-state index in [9.17, 15) is 4.79 Å². The molecule has 2 heterocycles. The van der Waals surface area contributed by atoms with Crippen molar-refractivity contribution in [3.05, 3.63) is 34.9 Å². The van der Waals surface area contributed by atoms with Crippen molar-refractivity contribution >= 4 is 10.9 Å². The number of fused-ring (bicyclic) bond motifs is 1. The van der Waals surface area contributed by atoms with E-state index >= 15 is 0 Å². The Morgan fingerprint density at radius 3 is 3.00 bits per heavy atom. The van der Waals surface area contributed by atoms with E-state index in [0.29, 0.717) is 29.1 Å². The Kier molecular flexibility index (Phi) is 4.93. The van der Waals surface area contributed by atoms with E-state index in [2.05, 4.69) is 9.88 Å². The first kappa shape index (κ1) is 16.0. The van der Waals surface area contributed by atoms with Crippen molar-refractivity contribution in [2.75, 3.05) is 40.5 Å². The number of aromatic nitrogens is 2. The van der Waals surface area contributed by atoms with Crippen LogP contribution in [0, 0.1) is 5.92 Å². The number of hydrogen-bond acceptors (Lipinski definition) is 5. The second-order valence-electron chi connectivity index (χ2n) is 6.03. The van der Waals surface area contributed by atoms with Gasteiger partial charge in [-0.1, -0.05) is 0 Å². The standard InChI is InChI=1S/C17H23N3O3/c1-22-8-7-19-6-5-13(10-19)11-20-12-18-16-4-3-14(23-2)9-15(16)17(20)21/h3-4,9,12-13H,5-8,10-11H2,1-2H3/t13-/m1/s1. The molecule has 0 amide bonds. The summed E-state index contributed by atoms with van der Waals surface area (Å²) in [6.45, 7) is 4.49. The maximum Gasteiger partial charge on any atom is 0.261 e. The molecule has 6 nitrogen and oxygen atoms in total. The van der Waals surface area contributed by atoms with Crippen LogP contribution in [0.4, 0.5) is 0 Å². The Bertz CT molecular complexity index is 729. The van der Waals surface area contributed by atoms with Crippen molar-refractivity contribution in [2.45, 2.75) is 13.0 Å². The van der Waals surface area contributed by atoms with E-state index in [1.807, 2.05) is 12.1 Å². The van der Waals surface area contributed by atoms with Crippen LogP contribution >= 0.6 is 0 Å². The minimum Gasteiger partial charge on any atom is -0.497 e. The molecule has 0 radical (unpaired) electrons.